The number of amides is 1. The molecule has 1 atom stereocenters. The zero-order valence-corrected chi connectivity index (χ0v) is 20.4. The third-order valence-corrected chi connectivity index (χ3v) is 6.27. The van der Waals surface area contributed by atoms with E-state index in [1.54, 1.807) is 12.1 Å². The van der Waals surface area contributed by atoms with Gasteiger partial charge in [0.05, 0.1) is 22.8 Å². The van der Waals surface area contributed by atoms with Gasteiger partial charge in [-0.25, -0.2) is 0 Å². The molecular weight excluding hydrogens is 470 g/mol. The highest BCUT2D eigenvalue weighted by Crippen LogP contribution is 2.45. The van der Waals surface area contributed by atoms with E-state index < -0.39 is 11.2 Å². The Labute approximate surface area is 206 Å². The maximum atomic E-state index is 13.0. The number of carbonyl (C=O) groups excluding carboxylic acids is 1. The standard InChI is InChI=1S/C24H25N5O5S/c1-4-6-13-35-24-25-22-21(26-27-24)17-9-7-8-10-19(17)28(15(3)30)23(34-22)18-14-16(29(31)32)11-12-20(18)33-5-2/h7-12,14,23H,4-6,13H2,1-3H3/t23-/m0/s1. The zero-order valence-electron chi connectivity index (χ0n) is 19.6. The predicted octanol–water partition coefficient (Wildman–Crippen LogP) is 5.18. The Morgan fingerprint density at radius 2 is 2.03 bits per heavy atom. The highest BCUT2D eigenvalue weighted by Gasteiger charge is 2.37. The molecule has 0 fully saturated rings. The molecule has 1 aromatic heterocycles. The van der Waals surface area contributed by atoms with E-state index in [-0.39, 0.29) is 17.5 Å². The summed E-state index contributed by atoms with van der Waals surface area (Å²) in [5.74, 6) is 1.06. The van der Waals surface area contributed by atoms with Crippen molar-refractivity contribution in [1.29, 1.82) is 0 Å². The summed E-state index contributed by atoms with van der Waals surface area (Å²) >= 11 is 1.47. The van der Waals surface area contributed by atoms with Gasteiger partial charge in [0.1, 0.15) is 5.75 Å². The summed E-state index contributed by atoms with van der Waals surface area (Å²) in [4.78, 5) is 30.1. The van der Waals surface area contributed by atoms with Crippen LogP contribution in [0.1, 0.15) is 45.4 Å². The lowest BCUT2D eigenvalue weighted by Gasteiger charge is -2.30. The van der Waals surface area contributed by atoms with E-state index in [1.807, 2.05) is 19.1 Å². The van der Waals surface area contributed by atoms with Crippen LogP contribution < -0.4 is 14.4 Å². The lowest BCUT2D eigenvalue weighted by Crippen LogP contribution is -2.36. The smallest absolute Gasteiger partial charge is 0.270 e. The number of anilines is 1. The normalized spacial score (nSPS) is 14.4. The van der Waals surface area contributed by atoms with Gasteiger partial charge >= 0.3 is 0 Å². The molecule has 11 heteroatoms. The molecule has 0 saturated carbocycles. The summed E-state index contributed by atoms with van der Waals surface area (Å²) in [5.41, 5.74) is 1.72. The lowest BCUT2D eigenvalue weighted by atomic mass is 10.1. The number of hydrogen-bond donors (Lipinski definition) is 0. The summed E-state index contributed by atoms with van der Waals surface area (Å²) in [5, 5.41) is 20.7. The molecule has 2 heterocycles. The van der Waals surface area contributed by atoms with Gasteiger partial charge in [-0.15, -0.1) is 10.2 Å². The number of unbranched alkanes of at least 4 members (excludes halogenated alkanes) is 1. The minimum Gasteiger partial charge on any atom is -0.493 e. The molecule has 1 aliphatic rings. The fourth-order valence-corrected chi connectivity index (χ4v) is 4.61. The number of thioether (sulfide) groups is 1. The molecule has 3 aromatic rings. The van der Waals surface area contributed by atoms with Crippen LogP contribution in [0, 0.1) is 10.1 Å². The number of hydrogen-bond acceptors (Lipinski definition) is 9. The summed E-state index contributed by atoms with van der Waals surface area (Å²) in [6, 6.07) is 11.4. The second-order valence-corrected chi connectivity index (χ2v) is 8.80. The summed E-state index contributed by atoms with van der Waals surface area (Å²) in [7, 11) is 0. The van der Waals surface area contributed by atoms with E-state index in [4.69, 9.17) is 9.47 Å². The van der Waals surface area contributed by atoms with Crippen molar-refractivity contribution in [2.75, 3.05) is 17.3 Å². The Morgan fingerprint density at radius 1 is 1.23 bits per heavy atom. The lowest BCUT2D eigenvalue weighted by molar-refractivity contribution is -0.385. The van der Waals surface area contributed by atoms with Crippen LogP contribution in [0.25, 0.3) is 11.3 Å². The average Bonchev–Trinajstić information content (AvgIpc) is 2.99. The third-order valence-electron chi connectivity index (χ3n) is 5.35. The second kappa shape index (κ2) is 10.7. The van der Waals surface area contributed by atoms with E-state index in [9.17, 15) is 14.9 Å². The van der Waals surface area contributed by atoms with Gasteiger partial charge in [-0.2, -0.15) is 4.98 Å². The van der Waals surface area contributed by atoms with Crippen molar-refractivity contribution >= 4 is 29.0 Å². The van der Waals surface area contributed by atoms with Crippen molar-refractivity contribution < 1.29 is 19.2 Å². The first-order valence-corrected chi connectivity index (χ1v) is 12.3. The SMILES string of the molecule is CCCCSc1nnc2c(n1)O[C@@H](c1cc([N+](=O)[O-])ccc1OCC)N(C(C)=O)c1ccccc1-2. The van der Waals surface area contributed by atoms with Gasteiger partial charge in [-0.3, -0.25) is 19.8 Å². The molecule has 0 spiro atoms. The first-order chi connectivity index (χ1) is 16.9. The maximum absolute atomic E-state index is 13.0. The van der Waals surface area contributed by atoms with Gasteiger partial charge in [0.15, 0.2) is 5.69 Å². The minimum atomic E-state index is -1.08. The summed E-state index contributed by atoms with van der Waals surface area (Å²) in [6.45, 7) is 5.65. The molecule has 1 aliphatic heterocycles. The van der Waals surface area contributed by atoms with Crippen molar-refractivity contribution in [3.05, 3.63) is 58.1 Å². The summed E-state index contributed by atoms with van der Waals surface area (Å²) in [6.07, 6.45) is 0.959. The van der Waals surface area contributed by atoms with Crippen molar-refractivity contribution in [1.82, 2.24) is 15.2 Å². The Hall–Kier alpha value is -3.73. The van der Waals surface area contributed by atoms with Crippen molar-refractivity contribution in [2.24, 2.45) is 0 Å². The molecule has 0 unspecified atom stereocenters. The molecule has 10 nitrogen and oxygen atoms in total. The van der Waals surface area contributed by atoms with Crippen LogP contribution in [0.5, 0.6) is 11.6 Å². The number of nitro groups is 1. The highest BCUT2D eigenvalue weighted by molar-refractivity contribution is 7.99. The first kappa shape index (κ1) is 24.4. The molecule has 0 saturated heterocycles. The molecule has 0 aliphatic carbocycles. The quantitative estimate of drug-likeness (QED) is 0.180. The average molecular weight is 496 g/mol. The van der Waals surface area contributed by atoms with Crippen LogP contribution >= 0.6 is 11.8 Å². The number of para-hydroxylation sites is 1. The molecule has 35 heavy (non-hydrogen) atoms. The number of aromatic nitrogens is 3. The zero-order chi connectivity index (χ0) is 24.9. The minimum absolute atomic E-state index is 0.148. The van der Waals surface area contributed by atoms with Crippen LogP contribution in [0.15, 0.2) is 47.6 Å². The number of non-ortho nitro benzene ring substituents is 1. The Morgan fingerprint density at radius 3 is 2.74 bits per heavy atom. The first-order valence-electron chi connectivity index (χ1n) is 11.3. The van der Waals surface area contributed by atoms with Crippen LogP contribution in [-0.4, -0.2) is 38.4 Å². The number of ether oxygens (including phenoxy) is 2. The number of fused-ring (bicyclic) bond motifs is 3. The monoisotopic (exact) mass is 495 g/mol. The third kappa shape index (κ3) is 5.04. The number of nitrogens with zero attached hydrogens (tertiary/aromatic N) is 5. The van der Waals surface area contributed by atoms with E-state index in [0.717, 1.165) is 18.6 Å². The van der Waals surface area contributed by atoms with Crippen LogP contribution in [0.3, 0.4) is 0 Å². The second-order valence-electron chi connectivity index (χ2n) is 7.74. The van der Waals surface area contributed by atoms with E-state index in [2.05, 4.69) is 22.1 Å². The largest absolute Gasteiger partial charge is 0.493 e. The molecule has 0 bridgehead atoms. The van der Waals surface area contributed by atoms with Gasteiger partial charge in [-0.05, 0) is 25.5 Å². The number of benzene rings is 2. The van der Waals surface area contributed by atoms with E-state index >= 15 is 0 Å². The Balaban J connectivity index is 1.92. The predicted molar refractivity (Wildman–Crippen MR) is 132 cm³/mol. The maximum Gasteiger partial charge on any atom is 0.270 e. The topological polar surface area (TPSA) is 121 Å². The number of carbonyl (C=O) groups is 1. The van der Waals surface area contributed by atoms with Crippen LogP contribution in [0.2, 0.25) is 0 Å². The molecule has 0 N–H and O–H groups in total. The van der Waals surface area contributed by atoms with Gasteiger partial charge in [-0.1, -0.05) is 43.3 Å². The van der Waals surface area contributed by atoms with E-state index in [1.165, 1.54) is 41.8 Å². The summed E-state index contributed by atoms with van der Waals surface area (Å²) < 4.78 is 12.1. The van der Waals surface area contributed by atoms with E-state index in [0.29, 0.717) is 40.0 Å². The van der Waals surface area contributed by atoms with Crippen molar-refractivity contribution in [3.8, 4) is 22.9 Å². The Kier molecular flexibility index (Phi) is 7.45. The van der Waals surface area contributed by atoms with Gasteiger partial charge in [0, 0.05) is 30.4 Å². The molecule has 182 valence electrons. The van der Waals surface area contributed by atoms with Gasteiger partial charge in [0.2, 0.25) is 23.2 Å². The number of rotatable bonds is 8. The highest BCUT2D eigenvalue weighted by atomic mass is 32.2. The molecule has 0 radical (unpaired) electrons. The van der Waals surface area contributed by atoms with Gasteiger partial charge < -0.3 is 9.47 Å². The fraction of sp³-hybridized carbons (Fsp3) is 0.333. The molecule has 4 rings (SSSR count). The molecular formula is C24H25N5O5S. The van der Waals surface area contributed by atoms with Crippen molar-refractivity contribution in [2.45, 2.75) is 45.0 Å². The van der Waals surface area contributed by atoms with Crippen molar-refractivity contribution in [3.63, 3.8) is 0 Å². The van der Waals surface area contributed by atoms with Crippen LogP contribution in [0.4, 0.5) is 11.4 Å². The molecule has 1 amide bonds. The van der Waals surface area contributed by atoms with Crippen LogP contribution in [-0.2, 0) is 4.79 Å². The molecule has 2 aromatic carbocycles. The fourth-order valence-electron chi connectivity index (χ4n) is 3.75. The Bertz CT molecular complexity index is 1250. The number of nitro benzene ring substituents is 1. The van der Waals surface area contributed by atoms with Gasteiger partial charge in [0.25, 0.3) is 5.69 Å².